The van der Waals surface area contributed by atoms with Gasteiger partial charge in [-0.05, 0) is 52.7 Å². The van der Waals surface area contributed by atoms with Crippen LogP contribution in [0.1, 0.15) is 23.3 Å². The molecule has 0 saturated carbocycles. The quantitative estimate of drug-likeness (QED) is 0.546. The Balaban J connectivity index is 1.77. The summed E-state index contributed by atoms with van der Waals surface area (Å²) in [5.74, 6) is -1.49. The van der Waals surface area contributed by atoms with Crippen molar-refractivity contribution in [3.63, 3.8) is 0 Å². The monoisotopic (exact) mass is 460 g/mol. The first-order valence-electron chi connectivity index (χ1n) is 7.85. The van der Waals surface area contributed by atoms with E-state index in [9.17, 15) is 22.4 Å². The van der Waals surface area contributed by atoms with Gasteiger partial charge >= 0.3 is 0 Å². The third kappa shape index (κ3) is 5.88. The topological polar surface area (TPSA) is 111 Å². The van der Waals surface area contributed by atoms with Gasteiger partial charge in [-0.2, -0.15) is 0 Å². The van der Waals surface area contributed by atoms with Crippen molar-refractivity contribution in [2.75, 3.05) is 13.6 Å². The van der Waals surface area contributed by atoms with E-state index >= 15 is 0 Å². The van der Waals surface area contributed by atoms with Crippen LogP contribution in [0.15, 0.2) is 45.9 Å². The summed E-state index contributed by atoms with van der Waals surface area (Å²) >= 11 is 3.19. The van der Waals surface area contributed by atoms with E-state index < -0.39 is 27.7 Å². The fourth-order valence-corrected chi connectivity index (χ4v) is 3.68. The molecular formula is C16H18BrFN4O4S. The minimum absolute atomic E-state index is 0.0119. The number of rotatable bonds is 7. The van der Waals surface area contributed by atoms with E-state index in [0.717, 1.165) is 16.4 Å². The first-order chi connectivity index (χ1) is 12.7. The number of carbonyl (C=O) groups is 2. The number of hydrogen-bond acceptors (Lipinski definition) is 4. The Hall–Kier alpha value is -2.24. The second-order valence-electron chi connectivity index (χ2n) is 5.62. The molecular weight excluding hydrogens is 443 g/mol. The van der Waals surface area contributed by atoms with Crippen LogP contribution in [0.2, 0.25) is 0 Å². The molecule has 0 bridgehead atoms. The molecule has 0 aliphatic carbocycles. The Bertz CT molecular complexity index is 915. The van der Waals surface area contributed by atoms with Gasteiger partial charge in [0.2, 0.25) is 15.9 Å². The molecule has 0 spiro atoms. The molecule has 1 heterocycles. The van der Waals surface area contributed by atoms with E-state index in [2.05, 4.69) is 31.8 Å². The van der Waals surface area contributed by atoms with E-state index in [-0.39, 0.29) is 30.0 Å². The van der Waals surface area contributed by atoms with Gasteiger partial charge in [-0.15, -0.1) is 0 Å². The molecule has 2 rings (SSSR count). The number of sulfonamides is 1. The number of aromatic nitrogens is 1. The molecule has 0 unspecified atom stereocenters. The highest BCUT2D eigenvalue weighted by molar-refractivity contribution is 9.10. The summed E-state index contributed by atoms with van der Waals surface area (Å²) in [4.78, 5) is 26.2. The Morgan fingerprint density at radius 1 is 1.22 bits per heavy atom. The van der Waals surface area contributed by atoms with Gasteiger partial charge in [-0.25, -0.2) is 17.1 Å². The summed E-state index contributed by atoms with van der Waals surface area (Å²) in [6.07, 6.45) is 1.83. The summed E-state index contributed by atoms with van der Waals surface area (Å²) in [6.45, 7) is 0.0879. The Labute approximate surface area is 164 Å². The van der Waals surface area contributed by atoms with Gasteiger partial charge in [0.25, 0.3) is 5.91 Å². The number of benzene rings is 1. The van der Waals surface area contributed by atoms with Crippen LogP contribution in [0, 0.1) is 5.82 Å². The number of amides is 2. The van der Waals surface area contributed by atoms with Crippen LogP contribution in [0.3, 0.4) is 0 Å². The van der Waals surface area contributed by atoms with E-state index in [1.807, 2.05) is 0 Å². The second-order valence-corrected chi connectivity index (χ2v) is 8.58. The van der Waals surface area contributed by atoms with Crippen LogP contribution >= 0.6 is 15.9 Å². The molecule has 2 aromatic rings. The lowest BCUT2D eigenvalue weighted by atomic mass is 10.3. The Morgan fingerprint density at radius 3 is 2.48 bits per heavy atom. The molecule has 0 saturated heterocycles. The zero-order valence-electron chi connectivity index (χ0n) is 14.3. The predicted molar refractivity (Wildman–Crippen MR) is 99.6 cm³/mol. The predicted octanol–water partition coefficient (Wildman–Crippen LogP) is 1.78. The minimum Gasteiger partial charge on any atom is -0.356 e. The molecule has 11 heteroatoms. The van der Waals surface area contributed by atoms with Crippen LogP contribution in [-0.2, 0) is 14.8 Å². The molecule has 2 amide bonds. The summed E-state index contributed by atoms with van der Waals surface area (Å²) in [5, 5.41) is 0. The van der Waals surface area contributed by atoms with Crippen molar-refractivity contribution in [3.8, 4) is 0 Å². The van der Waals surface area contributed by atoms with E-state index in [0.29, 0.717) is 4.47 Å². The normalized spacial score (nSPS) is 11.4. The smallest absolute Gasteiger partial charge is 0.286 e. The summed E-state index contributed by atoms with van der Waals surface area (Å²) in [7, 11) is -2.38. The Kier molecular flexibility index (Phi) is 7.11. The maximum absolute atomic E-state index is 12.9. The van der Waals surface area contributed by atoms with E-state index in [1.54, 1.807) is 12.3 Å². The number of carbonyl (C=O) groups excluding carboxylic acids is 2. The summed E-state index contributed by atoms with van der Waals surface area (Å²) < 4.78 is 39.4. The van der Waals surface area contributed by atoms with Crippen LogP contribution in [0.25, 0.3) is 0 Å². The van der Waals surface area contributed by atoms with Crippen molar-refractivity contribution < 1.29 is 22.4 Å². The van der Waals surface area contributed by atoms with Crippen molar-refractivity contribution in [3.05, 3.63) is 52.5 Å². The molecule has 0 fully saturated rings. The average Bonchev–Trinajstić information content (AvgIpc) is 3.06. The fraction of sp³-hybridized carbons (Fsp3) is 0.250. The lowest BCUT2D eigenvalue weighted by Crippen LogP contribution is -2.42. The zero-order chi connectivity index (χ0) is 20.0. The van der Waals surface area contributed by atoms with Gasteiger partial charge in [0.1, 0.15) is 11.5 Å². The molecule has 0 aliphatic rings. The van der Waals surface area contributed by atoms with Crippen LogP contribution in [0.4, 0.5) is 4.39 Å². The summed E-state index contributed by atoms with van der Waals surface area (Å²) in [6, 6.07) is 6.06. The summed E-state index contributed by atoms with van der Waals surface area (Å²) in [5.41, 5.74) is 4.78. The number of aromatic amines is 1. The van der Waals surface area contributed by atoms with Gasteiger partial charge in [0.05, 0.1) is 4.90 Å². The van der Waals surface area contributed by atoms with Crippen LogP contribution < -0.4 is 10.9 Å². The molecule has 1 aromatic carbocycles. The van der Waals surface area contributed by atoms with Crippen molar-refractivity contribution in [1.82, 2.24) is 20.1 Å². The zero-order valence-corrected chi connectivity index (χ0v) is 16.7. The molecule has 3 N–H and O–H groups in total. The van der Waals surface area contributed by atoms with Gasteiger partial charge in [0, 0.05) is 30.7 Å². The number of hydrazine groups is 1. The van der Waals surface area contributed by atoms with Gasteiger partial charge in [-0.3, -0.25) is 20.4 Å². The van der Waals surface area contributed by atoms with E-state index in [1.165, 1.54) is 19.2 Å². The first kappa shape index (κ1) is 21.1. The maximum atomic E-state index is 12.9. The largest absolute Gasteiger partial charge is 0.356 e. The average molecular weight is 461 g/mol. The lowest BCUT2D eigenvalue weighted by Gasteiger charge is -2.17. The molecule has 146 valence electrons. The first-order valence-corrected chi connectivity index (χ1v) is 10.1. The third-order valence-corrected chi connectivity index (χ3v) is 5.94. The standard InChI is InChI=1S/C16H18BrFN4O4S/c1-22(27(25,26)13-6-4-12(18)5-7-13)8-2-3-15(23)20-21-16(24)14-9-11(17)10-19-14/h4-7,9-10,19H,2-3,8H2,1H3,(H,20,23)(H,21,24). The molecule has 0 atom stereocenters. The highest BCUT2D eigenvalue weighted by Gasteiger charge is 2.20. The lowest BCUT2D eigenvalue weighted by molar-refractivity contribution is -0.122. The van der Waals surface area contributed by atoms with Gasteiger partial charge < -0.3 is 4.98 Å². The number of hydrogen-bond donors (Lipinski definition) is 3. The molecule has 27 heavy (non-hydrogen) atoms. The number of halogens is 2. The number of nitrogens with zero attached hydrogens (tertiary/aromatic N) is 1. The van der Waals surface area contributed by atoms with Crippen LogP contribution in [0.5, 0.6) is 0 Å². The number of H-pyrrole nitrogens is 1. The molecule has 1 aromatic heterocycles. The van der Waals surface area contributed by atoms with Crippen molar-refractivity contribution >= 4 is 37.8 Å². The molecule has 0 aliphatic heterocycles. The molecule has 8 nitrogen and oxygen atoms in total. The van der Waals surface area contributed by atoms with Crippen LogP contribution in [-0.4, -0.2) is 43.1 Å². The van der Waals surface area contributed by atoms with Crippen molar-refractivity contribution in [1.29, 1.82) is 0 Å². The number of nitrogens with one attached hydrogen (secondary N) is 3. The Morgan fingerprint density at radius 2 is 1.89 bits per heavy atom. The highest BCUT2D eigenvalue weighted by Crippen LogP contribution is 2.15. The van der Waals surface area contributed by atoms with Gasteiger partial charge in [0.15, 0.2) is 0 Å². The minimum atomic E-state index is -3.76. The van der Waals surface area contributed by atoms with Gasteiger partial charge in [-0.1, -0.05) is 0 Å². The fourth-order valence-electron chi connectivity index (χ4n) is 2.12. The highest BCUT2D eigenvalue weighted by atomic mass is 79.9. The van der Waals surface area contributed by atoms with Crippen molar-refractivity contribution in [2.45, 2.75) is 17.7 Å². The third-order valence-electron chi connectivity index (χ3n) is 3.61. The SMILES string of the molecule is CN(CCCC(=O)NNC(=O)c1cc(Br)c[nH]1)S(=O)(=O)c1ccc(F)cc1. The molecule has 0 radical (unpaired) electrons. The van der Waals surface area contributed by atoms with E-state index in [4.69, 9.17) is 0 Å². The van der Waals surface area contributed by atoms with Crippen molar-refractivity contribution in [2.24, 2.45) is 0 Å². The second kappa shape index (κ2) is 9.11. The maximum Gasteiger partial charge on any atom is 0.286 e.